The van der Waals surface area contributed by atoms with Crippen molar-refractivity contribution in [3.05, 3.63) is 0 Å². The van der Waals surface area contributed by atoms with Crippen LogP contribution in [0.3, 0.4) is 0 Å². The molecule has 0 radical (unpaired) electrons. The zero-order chi connectivity index (χ0) is 23.9. The van der Waals surface area contributed by atoms with Crippen molar-refractivity contribution < 1.29 is 0 Å². The Morgan fingerprint density at radius 3 is 0.306 bits per heavy atom. The third kappa shape index (κ3) is 23.1. The maximum Gasteiger partial charge on any atom is -0.0443 e. The van der Waals surface area contributed by atoms with Gasteiger partial charge >= 0.3 is 0 Å². The molecule has 4 aliphatic carbocycles. The van der Waals surface area contributed by atoms with Crippen molar-refractivity contribution in [3.63, 3.8) is 0 Å². The van der Waals surface area contributed by atoms with E-state index in [0.29, 0.717) is 0 Å². The van der Waals surface area contributed by atoms with Gasteiger partial charge in [-0.2, -0.15) is 0 Å². The van der Waals surface area contributed by atoms with Crippen LogP contribution in [0, 0.1) is 47.3 Å². The molecule has 0 aromatic carbocycles. The van der Waals surface area contributed by atoms with Crippen LogP contribution in [0.5, 0.6) is 0 Å². The standard InChI is InChI=1S/4C8H16.4CH4/c4*1-7-3-5-8(2)6-4-7;;;;/h4*7-8H,3-6H2,1-2H3;4*1H4. The third-order valence-electron chi connectivity index (χ3n) is 9.22. The average Bonchev–Trinajstić information content (AvgIpc) is 2.78. The minimum Gasteiger partial charge on any atom is -0.0776 e. The van der Waals surface area contributed by atoms with E-state index < -0.39 is 0 Å². The predicted molar refractivity (Wildman–Crippen MR) is 174 cm³/mol. The highest BCUT2D eigenvalue weighted by Gasteiger charge is 2.15. The Hall–Kier alpha value is 0. The quantitative estimate of drug-likeness (QED) is 0.302. The fourth-order valence-electron chi connectivity index (χ4n) is 5.71. The summed E-state index contributed by atoms with van der Waals surface area (Å²) in [6.07, 6.45) is 23.6. The Morgan fingerprint density at radius 2 is 0.250 bits per heavy atom. The smallest absolute Gasteiger partial charge is 0.0443 e. The van der Waals surface area contributed by atoms with Gasteiger partial charge in [-0.05, 0) is 47.3 Å². The lowest BCUT2D eigenvalue weighted by molar-refractivity contribution is 0.308. The molecule has 0 saturated heterocycles. The normalized spacial score (nSPS) is 35.3. The second kappa shape index (κ2) is 25.3. The Kier molecular flexibility index (Phi) is 30.3. The van der Waals surface area contributed by atoms with E-state index in [1.165, 1.54) is 103 Å². The molecule has 36 heavy (non-hydrogen) atoms. The summed E-state index contributed by atoms with van der Waals surface area (Å²) in [6, 6.07) is 0. The van der Waals surface area contributed by atoms with Crippen LogP contribution in [0.25, 0.3) is 0 Å². The molecule has 0 heterocycles. The first-order valence-corrected chi connectivity index (χ1v) is 15.2. The Morgan fingerprint density at radius 1 is 0.194 bits per heavy atom. The van der Waals surface area contributed by atoms with E-state index in [1.807, 2.05) is 0 Å². The van der Waals surface area contributed by atoms with Crippen LogP contribution in [-0.2, 0) is 0 Å². The molecule has 4 rings (SSSR count). The van der Waals surface area contributed by atoms with E-state index in [-0.39, 0.29) is 29.7 Å². The van der Waals surface area contributed by atoms with Crippen molar-refractivity contribution >= 4 is 0 Å². The average molecular weight is 513 g/mol. The first-order valence-electron chi connectivity index (χ1n) is 15.2. The van der Waals surface area contributed by atoms with Gasteiger partial charge in [0.25, 0.3) is 0 Å². The molecule has 224 valence electrons. The van der Waals surface area contributed by atoms with Gasteiger partial charge in [-0.15, -0.1) is 0 Å². The van der Waals surface area contributed by atoms with Crippen LogP contribution in [0.1, 0.15) is 188 Å². The van der Waals surface area contributed by atoms with E-state index >= 15 is 0 Å². The molecule has 0 heteroatoms. The maximum atomic E-state index is 2.37. The molecule has 0 aromatic heterocycles. The number of rotatable bonds is 0. The van der Waals surface area contributed by atoms with Crippen LogP contribution < -0.4 is 0 Å². The molecule has 0 atom stereocenters. The van der Waals surface area contributed by atoms with E-state index in [4.69, 9.17) is 0 Å². The monoisotopic (exact) mass is 513 g/mol. The van der Waals surface area contributed by atoms with Crippen LogP contribution in [0.15, 0.2) is 0 Å². The summed E-state index contributed by atoms with van der Waals surface area (Å²) in [4.78, 5) is 0. The molecular weight excluding hydrogens is 432 g/mol. The van der Waals surface area contributed by atoms with Gasteiger partial charge in [0.05, 0.1) is 0 Å². The van der Waals surface area contributed by atoms with Crippen LogP contribution in [0.4, 0.5) is 0 Å². The largest absolute Gasteiger partial charge is 0.0776 e. The van der Waals surface area contributed by atoms with E-state index in [0.717, 1.165) is 47.3 Å². The Labute approximate surface area is 235 Å². The first-order chi connectivity index (χ1) is 15.2. The van der Waals surface area contributed by atoms with Gasteiger partial charge in [0.2, 0.25) is 0 Å². The van der Waals surface area contributed by atoms with Crippen molar-refractivity contribution in [2.75, 3.05) is 0 Å². The molecule has 0 N–H and O–H groups in total. The molecule has 0 unspecified atom stereocenters. The van der Waals surface area contributed by atoms with Crippen LogP contribution in [0.2, 0.25) is 0 Å². The summed E-state index contributed by atoms with van der Waals surface area (Å²) >= 11 is 0. The highest BCUT2D eigenvalue weighted by molar-refractivity contribution is 4.67. The van der Waals surface area contributed by atoms with Crippen molar-refractivity contribution in [1.82, 2.24) is 0 Å². The summed E-state index contributed by atoms with van der Waals surface area (Å²) in [5, 5.41) is 0. The number of hydrogen-bond donors (Lipinski definition) is 0. The summed E-state index contributed by atoms with van der Waals surface area (Å²) in [5.41, 5.74) is 0. The highest BCUT2D eigenvalue weighted by atomic mass is 14.2. The minimum atomic E-state index is 0. The van der Waals surface area contributed by atoms with Crippen LogP contribution in [-0.4, -0.2) is 0 Å². The SMILES string of the molecule is C.C.C.C.CC1CCC(C)CC1.CC1CCC(C)CC1.CC1CCC(C)CC1.CC1CCC(C)CC1. The lowest BCUT2D eigenvalue weighted by atomic mass is 9.84. The zero-order valence-electron chi connectivity index (χ0n) is 23.9. The maximum absolute atomic E-state index is 2.37. The molecule has 0 amide bonds. The van der Waals surface area contributed by atoms with Gasteiger partial charge < -0.3 is 0 Å². The fraction of sp³-hybridized carbons (Fsp3) is 1.00. The van der Waals surface area contributed by atoms with E-state index in [1.54, 1.807) is 0 Å². The molecule has 4 aliphatic rings. The molecule has 4 fully saturated rings. The van der Waals surface area contributed by atoms with E-state index in [2.05, 4.69) is 55.4 Å². The topological polar surface area (TPSA) is 0 Å². The highest BCUT2D eigenvalue weighted by Crippen LogP contribution is 2.29. The Balaban J connectivity index is -0.000000183. The summed E-state index contributed by atoms with van der Waals surface area (Å²) < 4.78 is 0. The van der Waals surface area contributed by atoms with Gasteiger partial charge in [-0.25, -0.2) is 0 Å². The summed E-state index contributed by atoms with van der Waals surface area (Å²) in [7, 11) is 0. The van der Waals surface area contributed by atoms with Crippen molar-refractivity contribution in [2.45, 2.75) is 188 Å². The second-order valence-electron chi connectivity index (χ2n) is 13.5. The number of hydrogen-bond acceptors (Lipinski definition) is 0. The van der Waals surface area contributed by atoms with Crippen LogP contribution >= 0.6 is 0 Å². The Bertz CT molecular complexity index is 274. The third-order valence-corrected chi connectivity index (χ3v) is 9.22. The van der Waals surface area contributed by atoms with Gasteiger partial charge in [0.15, 0.2) is 0 Å². The molecule has 4 saturated carbocycles. The second-order valence-corrected chi connectivity index (χ2v) is 13.5. The molecule has 0 spiro atoms. The molecule has 0 aliphatic heterocycles. The summed E-state index contributed by atoms with van der Waals surface area (Å²) in [6.45, 7) is 18.9. The van der Waals surface area contributed by atoms with Gasteiger partial charge in [0.1, 0.15) is 0 Å². The van der Waals surface area contributed by atoms with E-state index in [9.17, 15) is 0 Å². The molecule has 0 aromatic rings. The molecular formula is C36H80. The van der Waals surface area contributed by atoms with Gasteiger partial charge in [-0.3, -0.25) is 0 Å². The fourth-order valence-corrected chi connectivity index (χ4v) is 5.71. The lowest BCUT2D eigenvalue weighted by Crippen LogP contribution is -2.08. The van der Waals surface area contributed by atoms with Crippen molar-refractivity contribution in [3.8, 4) is 0 Å². The van der Waals surface area contributed by atoms with Crippen molar-refractivity contribution in [2.24, 2.45) is 47.3 Å². The minimum absolute atomic E-state index is 0. The van der Waals surface area contributed by atoms with Gasteiger partial charge in [-0.1, -0.05) is 188 Å². The van der Waals surface area contributed by atoms with Crippen molar-refractivity contribution in [1.29, 1.82) is 0 Å². The molecule has 0 bridgehead atoms. The zero-order valence-corrected chi connectivity index (χ0v) is 23.9. The molecule has 0 nitrogen and oxygen atoms in total. The summed E-state index contributed by atoms with van der Waals surface area (Å²) in [5.74, 6) is 8.16. The predicted octanol–water partition coefficient (Wildman–Crippen LogP) is 13.9. The lowest BCUT2D eigenvalue weighted by Gasteiger charge is -2.22. The first kappa shape index (κ1) is 43.1. The van der Waals surface area contributed by atoms with Gasteiger partial charge in [0, 0.05) is 0 Å².